The number of fused-ring (bicyclic) bond motifs is 1. The lowest BCUT2D eigenvalue weighted by molar-refractivity contribution is 0.103. The number of carbonyl (C=O) groups is 1. The lowest BCUT2D eigenvalue weighted by Gasteiger charge is -2.11. The number of nitrogens with one attached hydrogen (secondary N) is 2. The molecule has 108 valence electrons. The van der Waals surface area contributed by atoms with Crippen LogP contribution in [-0.2, 0) is 19.4 Å². The molecule has 0 spiro atoms. The van der Waals surface area contributed by atoms with Crippen molar-refractivity contribution in [3.8, 4) is 6.07 Å². The van der Waals surface area contributed by atoms with Gasteiger partial charge in [-0.1, -0.05) is 11.4 Å². The number of rotatable bonds is 3. The second-order valence-corrected chi connectivity index (χ2v) is 6.46. The molecule has 0 aliphatic carbocycles. The third kappa shape index (κ3) is 2.55. The summed E-state index contributed by atoms with van der Waals surface area (Å²) in [5, 5.41) is 20.1. The van der Waals surface area contributed by atoms with Crippen LogP contribution >= 0.6 is 22.9 Å². The molecule has 2 N–H and O–H groups in total. The van der Waals surface area contributed by atoms with Crippen molar-refractivity contribution in [2.75, 3.05) is 11.9 Å². The number of amides is 1. The molecule has 1 aliphatic rings. The van der Waals surface area contributed by atoms with Gasteiger partial charge in [0.1, 0.15) is 15.9 Å². The highest BCUT2D eigenvalue weighted by molar-refractivity contribution is 7.17. The summed E-state index contributed by atoms with van der Waals surface area (Å²) in [5.74, 6) is -0.232. The highest BCUT2D eigenvalue weighted by Crippen LogP contribution is 2.35. The Hall–Kier alpha value is -1.82. The zero-order valence-electron chi connectivity index (χ0n) is 11.4. The predicted octanol–water partition coefficient (Wildman–Crippen LogP) is 1.93. The second kappa shape index (κ2) is 5.89. The third-order valence-electron chi connectivity index (χ3n) is 3.36. The molecule has 0 aromatic carbocycles. The molecule has 2 aromatic heterocycles. The van der Waals surface area contributed by atoms with Crippen LogP contribution in [0.5, 0.6) is 0 Å². The van der Waals surface area contributed by atoms with E-state index in [-0.39, 0.29) is 5.91 Å². The molecule has 0 saturated carbocycles. The Balaban J connectivity index is 1.90. The quantitative estimate of drug-likeness (QED) is 0.902. The first-order valence-electron chi connectivity index (χ1n) is 6.62. The van der Waals surface area contributed by atoms with E-state index in [1.54, 1.807) is 0 Å². The first-order chi connectivity index (χ1) is 10.2. The molecule has 0 bridgehead atoms. The average molecular weight is 319 g/mol. The summed E-state index contributed by atoms with van der Waals surface area (Å²) in [5.41, 5.74) is 2.36. The minimum Gasteiger partial charge on any atom is -0.312 e. The van der Waals surface area contributed by atoms with Gasteiger partial charge in [-0.3, -0.25) is 4.79 Å². The number of nitrogens with zero attached hydrogens (tertiary/aromatic N) is 3. The third-order valence-corrected chi connectivity index (χ3v) is 5.28. The molecule has 2 aromatic rings. The van der Waals surface area contributed by atoms with Crippen LogP contribution in [-0.4, -0.2) is 22.0 Å². The second-order valence-electron chi connectivity index (χ2n) is 4.60. The van der Waals surface area contributed by atoms with Crippen LogP contribution in [0.25, 0.3) is 0 Å². The normalized spacial score (nSPS) is 13.5. The van der Waals surface area contributed by atoms with Crippen molar-refractivity contribution in [2.45, 2.75) is 26.3 Å². The van der Waals surface area contributed by atoms with Gasteiger partial charge in [-0.2, -0.15) is 5.26 Å². The minimum atomic E-state index is -0.232. The number of aryl methyl sites for hydroxylation is 1. The van der Waals surface area contributed by atoms with Gasteiger partial charge in [0.15, 0.2) is 0 Å². The van der Waals surface area contributed by atoms with Gasteiger partial charge in [-0.05, 0) is 36.5 Å². The summed E-state index contributed by atoms with van der Waals surface area (Å²) in [7, 11) is 0. The van der Waals surface area contributed by atoms with E-state index in [1.807, 2.05) is 6.92 Å². The van der Waals surface area contributed by atoms with Crippen LogP contribution in [0.15, 0.2) is 0 Å². The number of carbonyl (C=O) groups excluding carboxylic acids is 1. The van der Waals surface area contributed by atoms with Crippen LogP contribution in [0.1, 0.15) is 38.3 Å². The van der Waals surface area contributed by atoms with Gasteiger partial charge >= 0.3 is 0 Å². The van der Waals surface area contributed by atoms with Crippen molar-refractivity contribution < 1.29 is 4.79 Å². The minimum absolute atomic E-state index is 0.232. The van der Waals surface area contributed by atoms with Crippen molar-refractivity contribution >= 4 is 33.8 Å². The van der Waals surface area contributed by atoms with Crippen molar-refractivity contribution in [1.29, 1.82) is 5.26 Å². The van der Waals surface area contributed by atoms with Crippen LogP contribution in [0, 0.1) is 11.3 Å². The lowest BCUT2D eigenvalue weighted by atomic mass is 10.1. The topological polar surface area (TPSA) is 90.7 Å². The first kappa shape index (κ1) is 14.1. The van der Waals surface area contributed by atoms with Gasteiger partial charge in [-0.25, -0.2) is 0 Å². The zero-order valence-corrected chi connectivity index (χ0v) is 13.0. The lowest BCUT2D eigenvalue weighted by Crippen LogP contribution is -2.22. The van der Waals surface area contributed by atoms with Gasteiger partial charge in [0.2, 0.25) is 0 Å². The van der Waals surface area contributed by atoms with Crippen molar-refractivity contribution in [1.82, 2.24) is 14.9 Å². The Bertz CT molecular complexity index is 727. The van der Waals surface area contributed by atoms with E-state index in [2.05, 4.69) is 26.3 Å². The summed E-state index contributed by atoms with van der Waals surface area (Å²) in [6, 6.07) is 2.22. The highest BCUT2D eigenvalue weighted by atomic mass is 32.1. The van der Waals surface area contributed by atoms with Gasteiger partial charge in [0.05, 0.1) is 11.3 Å². The monoisotopic (exact) mass is 319 g/mol. The van der Waals surface area contributed by atoms with Crippen LogP contribution in [0.3, 0.4) is 0 Å². The molecule has 1 amide bonds. The van der Waals surface area contributed by atoms with Crippen LogP contribution < -0.4 is 10.6 Å². The van der Waals surface area contributed by atoms with Crippen LogP contribution in [0.4, 0.5) is 5.00 Å². The Kier molecular flexibility index (Phi) is 3.96. The summed E-state index contributed by atoms with van der Waals surface area (Å²) in [6.07, 6.45) is 1.49. The average Bonchev–Trinajstić information content (AvgIpc) is 3.10. The molecule has 8 heteroatoms. The standard InChI is InChI=1S/C13H13N5OS2/c1-2-9-11(21-18-17-9)12(19)16-13-8(5-14)7-3-4-15-6-10(7)20-13/h15H,2-4,6H2,1H3,(H,16,19). The van der Waals surface area contributed by atoms with E-state index >= 15 is 0 Å². The fraction of sp³-hybridized carbons (Fsp3) is 0.385. The van der Waals surface area contributed by atoms with Crippen molar-refractivity contribution in [3.63, 3.8) is 0 Å². The predicted molar refractivity (Wildman–Crippen MR) is 81.7 cm³/mol. The SMILES string of the molecule is CCc1nnsc1C(=O)Nc1sc2c(c1C#N)CCNC2. The summed E-state index contributed by atoms with van der Waals surface area (Å²) in [4.78, 5) is 14.0. The van der Waals surface area contributed by atoms with E-state index in [9.17, 15) is 10.1 Å². The molecular weight excluding hydrogens is 306 g/mol. The number of anilines is 1. The van der Waals surface area contributed by atoms with E-state index in [0.29, 0.717) is 27.6 Å². The summed E-state index contributed by atoms with van der Waals surface area (Å²) in [6.45, 7) is 3.56. The molecule has 6 nitrogen and oxygen atoms in total. The Morgan fingerprint density at radius 3 is 3.19 bits per heavy atom. The Labute approximate surface area is 130 Å². The maximum Gasteiger partial charge on any atom is 0.269 e. The van der Waals surface area contributed by atoms with E-state index in [1.165, 1.54) is 11.3 Å². The fourth-order valence-electron chi connectivity index (χ4n) is 2.31. The number of hydrogen-bond donors (Lipinski definition) is 2. The van der Waals surface area contributed by atoms with Gasteiger partial charge in [0.25, 0.3) is 5.91 Å². The fourth-order valence-corrected chi connectivity index (χ4v) is 4.12. The maximum atomic E-state index is 12.3. The number of hydrogen-bond acceptors (Lipinski definition) is 7. The first-order valence-corrected chi connectivity index (χ1v) is 8.21. The molecular formula is C13H13N5OS2. The van der Waals surface area contributed by atoms with Crippen LogP contribution in [0.2, 0.25) is 0 Å². The molecule has 0 saturated heterocycles. The molecule has 0 atom stereocenters. The van der Waals surface area contributed by atoms with Crippen molar-refractivity contribution in [2.24, 2.45) is 0 Å². The molecule has 3 rings (SSSR count). The van der Waals surface area contributed by atoms with E-state index in [0.717, 1.165) is 41.5 Å². The molecule has 21 heavy (non-hydrogen) atoms. The maximum absolute atomic E-state index is 12.3. The van der Waals surface area contributed by atoms with Crippen molar-refractivity contribution in [3.05, 3.63) is 26.6 Å². The Morgan fingerprint density at radius 1 is 1.57 bits per heavy atom. The summed E-state index contributed by atoms with van der Waals surface area (Å²) < 4.78 is 3.82. The van der Waals surface area contributed by atoms with E-state index in [4.69, 9.17) is 0 Å². The molecule has 1 aliphatic heterocycles. The largest absolute Gasteiger partial charge is 0.312 e. The number of nitriles is 1. The van der Waals surface area contributed by atoms with Gasteiger partial charge < -0.3 is 10.6 Å². The van der Waals surface area contributed by atoms with Gasteiger partial charge in [-0.15, -0.1) is 16.4 Å². The smallest absolute Gasteiger partial charge is 0.269 e. The van der Waals surface area contributed by atoms with E-state index < -0.39 is 0 Å². The number of thiophene rings is 1. The molecule has 3 heterocycles. The molecule has 0 radical (unpaired) electrons. The molecule has 0 fully saturated rings. The van der Waals surface area contributed by atoms with Gasteiger partial charge in [0, 0.05) is 11.4 Å². The number of aromatic nitrogens is 2. The zero-order chi connectivity index (χ0) is 14.8. The Morgan fingerprint density at radius 2 is 2.43 bits per heavy atom. The highest BCUT2D eigenvalue weighted by Gasteiger charge is 2.23. The summed E-state index contributed by atoms with van der Waals surface area (Å²) >= 11 is 2.56. The molecule has 0 unspecified atom stereocenters.